The highest BCUT2D eigenvalue weighted by molar-refractivity contribution is 5.94. The smallest absolute Gasteiger partial charge is 0.253 e. The number of halogens is 1. The van der Waals surface area contributed by atoms with Crippen LogP contribution >= 0.6 is 0 Å². The van der Waals surface area contributed by atoms with E-state index in [1.54, 1.807) is 24.5 Å². The Kier molecular flexibility index (Phi) is 4.11. The predicted molar refractivity (Wildman–Crippen MR) is 92.8 cm³/mol. The van der Waals surface area contributed by atoms with Crippen LogP contribution in [0.15, 0.2) is 42.7 Å². The van der Waals surface area contributed by atoms with Crippen LogP contribution in [0.25, 0.3) is 0 Å². The molecule has 0 unspecified atom stereocenters. The molecule has 1 amide bonds. The van der Waals surface area contributed by atoms with Crippen LogP contribution in [0.1, 0.15) is 29.6 Å². The number of rotatable bonds is 2. The van der Waals surface area contributed by atoms with E-state index in [9.17, 15) is 9.18 Å². The van der Waals surface area contributed by atoms with E-state index >= 15 is 0 Å². The number of carbonyl (C=O) groups is 1. The molecule has 1 atom stereocenters. The molecular weight excluding hydrogens is 319 g/mol. The molecule has 0 bridgehead atoms. The van der Waals surface area contributed by atoms with Gasteiger partial charge < -0.3 is 9.80 Å². The lowest BCUT2D eigenvalue weighted by molar-refractivity contribution is 0.0556. The fourth-order valence-electron chi connectivity index (χ4n) is 4.08. The largest absolute Gasteiger partial charge is 0.340 e. The second kappa shape index (κ2) is 6.43. The summed E-state index contributed by atoms with van der Waals surface area (Å²) >= 11 is 0. The van der Waals surface area contributed by atoms with Crippen LogP contribution in [-0.2, 0) is 0 Å². The van der Waals surface area contributed by atoms with Gasteiger partial charge in [-0.3, -0.25) is 4.79 Å². The zero-order valence-electron chi connectivity index (χ0n) is 14.1. The highest BCUT2D eigenvalue weighted by Gasteiger charge is 2.43. The molecule has 2 saturated heterocycles. The van der Waals surface area contributed by atoms with Crippen molar-refractivity contribution in [1.29, 1.82) is 0 Å². The number of carbonyl (C=O) groups excluding carboxylic acids is 1. The molecule has 5 nitrogen and oxygen atoms in total. The fraction of sp³-hybridized carbons (Fsp3) is 0.421. The molecule has 2 aliphatic rings. The van der Waals surface area contributed by atoms with Gasteiger partial charge in [0.2, 0.25) is 5.95 Å². The molecule has 2 aliphatic heterocycles. The van der Waals surface area contributed by atoms with Gasteiger partial charge in [-0.2, -0.15) is 0 Å². The third-order valence-electron chi connectivity index (χ3n) is 5.29. The van der Waals surface area contributed by atoms with Gasteiger partial charge in [0.15, 0.2) is 0 Å². The van der Waals surface area contributed by atoms with Crippen LogP contribution in [0.3, 0.4) is 0 Å². The number of anilines is 1. The van der Waals surface area contributed by atoms with Crippen LogP contribution in [0.2, 0.25) is 0 Å². The van der Waals surface area contributed by atoms with Gasteiger partial charge in [0.05, 0.1) is 0 Å². The standard InChI is InChI=1S/C19H21FN4O/c20-16-5-1-4-15(12-16)17(25)23-10-2-6-19(13-23)7-11-24(14-19)18-21-8-3-9-22-18/h1,3-5,8-9,12H,2,6-7,10-11,13-14H2/t19-/m1/s1. The average Bonchev–Trinajstić information content (AvgIpc) is 3.05. The van der Waals surface area contributed by atoms with Crippen molar-refractivity contribution in [1.82, 2.24) is 14.9 Å². The van der Waals surface area contributed by atoms with Gasteiger partial charge in [-0.15, -0.1) is 0 Å². The van der Waals surface area contributed by atoms with Crippen LogP contribution < -0.4 is 4.90 Å². The number of piperidine rings is 1. The average molecular weight is 340 g/mol. The summed E-state index contributed by atoms with van der Waals surface area (Å²) in [4.78, 5) is 25.5. The van der Waals surface area contributed by atoms with E-state index in [0.29, 0.717) is 12.1 Å². The first-order valence-electron chi connectivity index (χ1n) is 8.72. The van der Waals surface area contributed by atoms with Gasteiger partial charge in [-0.05, 0) is 43.5 Å². The van der Waals surface area contributed by atoms with E-state index in [1.165, 1.54) is 12.1 Å². The minimum atomic E-state index is -0.370. The summed E-state index contributed by atoms with van der Waals surface area (Å²) in [6, 6.07) is 7.78. The lowest BCUT2D eigenvalue weighted by atomic mass is 9.79. The second-order valence-electron chi connectivity index (χ2n) is 7.06. The van der Waals surface area contributed by atoms with E-state index in [-0.39, 0.29) is 17.1 Å². The molecule has 0 radical (unpaired) electrons. The van der Waals surface area contributed by atoms with E-state index in [4.69, 9.17) is 0 Å². The number of hydrogen-bond donors (Lipinski definition) is 0. The van der Waals surface area contributed by atoms with Crippen LogP contribution in [0.4, 0.5) is 10.3 Å². The Morgan fingerprint density at radius 2 is 1.92 bits per heavy atom. The molecule has 0 N–H and O–H groups in total. The second-order valence-corrected chi connectivity index (χ2v) is 7.06. The Morgan fingerprint density at radius 1 is 1.08 bits per heavy atom. The highest BCUT2D eigenvalue weighted by atomic mass is 19.1. The SMILES string of the molecule is O=C(c1cccc(F)c1)N1CCC[C@@]2(CCN(c3ncccn3)C2)C1. The van der Waals surface area contributed by atoms with E-state index in [2.05, 4.69) is 14.9 Å². The summed E-state index contributed by atoms with van der Waals surface area (Å²) in [5.74, 6) is 0.312. The lowest BCUT2D eigenvalue weighted by Crippen LogP contribution is -2.47. The van der Waals surface area contributed by atoms with E-state index < -0.39 is 0 Å². The maximum absolute atomic E-state index is 13.4. The lowest BCUT2D eigenvalue weighted by Gasteiger charge is -2.40. The quantitative estimate of drug-likeness (QED) is 0.843. The van der Waals surface area contributed by atoms with Crippen LogP contribution in [-0.4, -0.2) is 47.0 Å². The van der Waals surface area contributed by atoms with Crippen molar-refractivity contribution < 1.29 is 9.18 Å². The first kappa shape index (κ1) is 16.0. The van der Waals surface area contributed by atoms with Crippen LogP contribution in [0.5, 0.6) is 0 Å². The number of aromatic nitrogens is 2. The third-order valence-corrected chi connectivity index (χ3v) is 5.29. The molecule has 2 fully saturated rings. The fourth-order valence-corrected chi connectivity index (χ4v) is 4.08. The number of likely N-dealkylation sites (tertiary alicyclic amines) is 1. The molecule has 4 rings (SSSR count). The minimum Gasteiger partial charge on any atom is -0.340 e. The molecule has 2 aromatic rings. The normalized spacial score (nSPS) is 23.2. The molecule has 1 aromatic heterocycles. The summed E-state index contributed by atoms with van der Waals surface area (Å²) in [6.07, 6.45) is 6.62. The number of amides is 1. The summed E-state index contributed by atoms with van der Waals surface area (Å²) in [6.45, 7) is 3.22. The third kappa shape index (κ3) is 3.21. The van der Waals surface area contributed by atoms with Crippen molar-refractivity contribution in [2.75, 3.05) is 31.1 Å². The summed E-state index contributed by atoms with van der Waals surface area (Å²) in [5, 5.41) is 0. The topological polar surface area (TPSA) is 49.3 Å². The van der Waals surface area contributed by atoms with Gasteiger partial charge in [0.1, 0.15) is 5.82 Å². The van der Waals surface area contributed by atoms with Crippen molar-refractivity contribution in [2.45, 2.75) is 19.3 Å². The molecular formula is C19H21FN4O. The zero-order valence-corrected chi connectivity index (χ0v) is 14.1. The highest BCUT2D eigenvalue weighted by Crippen LogP contribution is 2.40. The minimum absolute atomic E-state index is 0.0759. The van der Waals surface area contributed by atoms with Gasteiger partial charge in [-0.1, -0.05) is 6.07 Å². The maximum Gasteiger partial charge on any atom is 0.253 e. The molecule has 1 spiro atoms. The Morgan fingerprint density at radius 3 is 2.72 bits per heavy atom. The van der Waals surface area contributed by atoms with E-state index in [1.807, 2.05) is 11.0 Å². The molecule has 0 aliphatic carbocycles. The van der Waals surface area contributed by atoms with E-state index in [0.717, 1.165) is 44.8 Å². The van der Waals surface area contributed by atoms with Crippen LogP contribution in [0, 0.1) is 11.2 Å². The maximum atomic E-state index is 13.4. The zero-order chi connectivity index (χ0) is 17.3. The predicted octanol–water partition coefficient (Wildman–Crippen LogP) is 2.75. The van der Waals surface area contributed by atoms with Crippen molar-refractivity contribution >= 4 is 11.9 Å². The summed E-state index contributed by atoms with van der Waals surface area (Å²) in [7, 11) is 0. The Bertz CT molecular complexity index is 769. The van der Waals surface area contributed by atoms with Gasteiger partial charge in [0, 0.05) is 49.6 Å². The van der Waals surface area contributed by atoms with Crippen molar-refractivity contribution in [3.05, 3.63) is 54.1 Å². The molecule has 130 valence electrons. The van der Waals surface area contributed by atoms with Gasteiger partial charge >= 0.3 is 0 Å². The molecule has 6 heteroatoms. The van der Waals surface area contributed by atoms with Gasteiger partial charge in [-0.25, -0.2) is 14.4 Å². The number of hydrogen-bond acceptors (Lipinski definition) is 4. The number of nitrogens with zero attached hydrogens (tertiary/aromatic N) is 4. The van der Waals surface area contributed by atoms with Crippen molar-refractivity contribution in [2.24, 2.45) is 5.41 Å². The monoisotopic (exact) mass is 340 g/mol. The molecule has 25 heavy (non-hydrogen) atoms. The number of benzene rings is 1. The molecule has 0 saturated carbocycles. The molecule has 3 heterocycles. The molecule has 1 aromatic carbocycles. The van der Waals surface area contributed by atoms with Crippen molar-refractivity contribution in [3.63, 3.8) is 0 Å². The van der Waals surface area contributed by atoms with Crippen molar-refractivity contribution in [3.8, 4) is 0 Å². The Balaban J connectivity index is 1.49. The first-order valence-corrected chi connectivity index (χ1v) is 8.72. The first-order chi connectivity index (χ1) is 12.2. The Hall–Kier alpha value is -2.50. The summed E-state index contributed by atoms with van der Waals surface area (Å²) in [5.41, 5.74) is 0.513. The summed E-state index contributed by atoms with van der Waals surface area (Å²) < 4.78 is 13.4. The Labute approximate surface area is 146 Å². The van der Waals surface area contributed by atoms with Gasteiger partial charge in [0.25, 0.3) is 5.91 Å².